The fraction of sp³-hybridized carbons (Fsp3) is 0.756. The molecule has 29 heteroatoms. The van der Waals surface area contributed by atoms with Crippen molar-refractivity contribution in [1.82, 2.24) is 30.2 Å². The van der Waals surface area contributed by atoms with Gasteiger partial charge in [0.25, 0.3) is 15.6 Å². The lowest BCUT2D eigenvalue weighted by Crippen LogP contribution is -2.46. The van der Waals surface area contributed by atoms with Crippen molar-refractivity contribution in [2.75, 3.05) is 37.8 Å². The number of nitrogens with zero attached hydrogens (tertiary/aromatic N) is 4. The summed E-state index contributed by atoms with van der Waals surface area (Å²) in [5.41, 5.74) is 4.06. The molecule has 0 spiro atoms. The van der Waals surface area contributed by atoms with E-state index in [-0.39, 0.29) is 53.8 Å². The summed E-state index contributed by atoms with van der Waals surface area (Å²) in [5, 5.41) is 36.4. The van der Waals surface area contributed by atoms with E-state index in [4.69, 9.17) is 10.5 Å². The average molecular weight is 1070 g/mol. The summed E-state index contributed by atoms with van der Waals surface area (Å²) in [4.78, 5) is 97.0. The molecule has 0 radical (unpaired) electrons. The largest absolute Gasteiger partial charge is 0.790 e. The number of aromatic nitrogens is 4. The van der Waals surface area contributed by atoms with Gasteiger partial charge in [0, 0.05) is 37.1 Å². The lowest BCUT2D eigenvalue weighted by atomic mass is 9.87. The first-order chi connectivity index (χ1) is 32.9. The maximum absolute atomic E-state index is 12.7. The zero-order chi connectivity index (χ0) is 52.0. The van der Waals surface area contributed by atoms with Crippen LogP contribution in [0.15, 0.2) is 24.8 Å². The summed E-state index contributed by atoms with van der Waals surface area (Å²) in [6.07, 6.45) is 12.0. The lowest BCUT2D eigenvalue weighted by molar-refractivity contribution is -0.347. The standard InChI is InChI=1S/C41H72N7O18P3S/c1-4-5-6-7-8-9-10-11-12-13-14-15-16-17-18-19-29(49)24-32(51)70-23-22-43-31(50)20-21-44-39(54)36(53)41(2,3)26-63-69(60,61)66-68(58,59)62-25-30-35(65-67(55,56)57)34(52)40(64-30)48-28-47-33-37(42)45-27-46-38(33)48/h11-12,27-30,34-36,40,49,52-53H,4-10,13-26H2,1-3H3,(H,43,50)(H,44,54)(H,58,59)(H,60,61)(H2,42,45,46)(H2,55,56,57)/p-4/b12-11-/t29-,30-,34-,35-,36+,40-/m1/s1. The Labute approximate surface area is 411 Å². The van der Waals surface area contributed by atoms with Gasteiger partial charge >= 0.3 is 0 Å². The van der Waals surface area contributed by atoms with E-state index in [2.05, 4.69) is 62.5 Å². The minimum Gasteiger partial charge on any atom is -0.790 e. The third-order valence-corrected chi connectivity index (χ3v) is 14.9. The predicted molar refractivity (Wildman–Crippen MR) is 248 cm³/mol. The minimum absolute atomic E-state index is 0.00832. The highest BCUT2D eigenvalue weighted by molar-refractivity contribution is 8.13. The Morgan fingerprint density at radius 3 is 2.20 bits per heavy atom. The number of nitrogens with two attached hydrogens (primary N) is 1. The zero-order valence-corrected chi connectivity index (χ0v) is 43.2. The molecule has 1 saturated heterocycles. The molecule has 0 saturated carbocycles. The first-order valence-electron chi connectivity index (χ1n) is 23.3. The van der Waals surface area contributed by atoms with Crippen LogP contribution in [0.1, 0.15) is 130 Å². The number of hydrogen-bond acceptors (Lipinski definition) is 23. The monoisotopic (exact) mass is 1070 g/mol. The van der Waals surface area contributed by atoms with Crippen molar-refractivity contribution in [3.8, 4) is 0 Å². The number of ether oxygens (including phenoxy) is 1. The van der Waals surface area contributed by atoms with E-state index >= 15 is 0 Å². The van der Waals surface area contributed by atoms with Gasteiger partial charge in [-0.25, -0.2) is 19.3 Å². The molecule has 0 aliphatic carbocycles. The number of nitrogens with one attached hydrogen (secondary N) is 2. The summed E-state index contributed by atoms with van der Waals surface area (Å²) < 4.78 is 60.8. The van der Waals surface area contributed by atoms with Crippen LogP contribution in [0, 0.1) is 5.41 Å². The maximum Gasteiger partial charge on any atom is 0.274 e. The van der Waals surface area contributed by atoms with E-state index in [0.717, 1.165) is 73.9 Å². The van der Waals surface area contributed by atoms with Crippen LogP contribution in [-0.4, -0.2) is 114 Å². The highest BCUT2D eigenvalue weighted by Gasteiger charge is 2.47. The summed E-state index contributed by atoms with van der Waals surface area (Å²) in [6.45, 7) is 2.22. The number of phosphoric acid groups is 3. The third-order valence-electron chi connectivity index (χ3n) is 10.9. The van der Waals surface area contributed by atoms with E-state index in [0.29, 0.717) is 6.42 Å². The van der Waals surface area contributed by atoms with Crippen LogP contribution in [0.3, 0.4) is 0 Å². The predicted octanol–water partition coefficient (Wildman–Crippen LogP) is 1.93. The summed E-state index contributed by atoms with van der Waals surface area (Å²) in [7, 11) is -17.6. The first kappa shape index (κ1) is 61.6. The van der Waals surface area contributed by atoms with Gasteiger partial charge in [0.05, 0.1) is 33.5 Å². The number of imidazole rings is 1. The van der Waals surface area contributed by atoms with Crippen molar-refractivity contribution in [2.45, 2.75) is 160 Å². The van der Waals surface area contributed by atoms with Gasteiger partial charge in [-0.05, 0) is 32.1 Å². The van der Waals surface area contributed by atoms with Gasteiger partial charge < -0.3 is 74.1 Å². The Hall–Kier alpha value is -2.74. The number of carbonyl (C=O) groups excluding carboxylic acids is 3. The van der Waals surface area contributed by atoms with Gasteiger partial charge in [-0.3, -0.25) is 28.1 Å². The number of unbranched alkanes of at least 4 members (excludes halogenated alkanes) is 11. The molecule has 2 unspecified atom stereocenters. The number of hydrogen-bond donors (Lipinski definition) is 6. The lowest BCUT2D eigenvalue weighted by Gasteiger charge is -2.36. The maximum atomic E-state index is 12.7. The molecule has 25 nitrogen and oxygen atoms in total. The van der Waals surface area contributed by atoms with Crippen LogP contribution >= 0.6 is 35.2 Å². The Balaban J connectivity index is 1.29. The number of aliphatic hydroxyl groups is 3. The van der Waals surface area contributed by atoms with Crippen molar-refractivity contribution >= 4 is 69.1 Å². The number of anilines is 1. The van der Waals surface area contributed by atoms with Crippen LogP contribution in [0.4, 0.5) is 5.82 Å². The molecule has 7 N–H and O–H groups in total. The SMILES string of the molecule is CCCCCCCC/C=C\CCCCCCC[C@@H](O)CC(=O)SCCNC(=O)CCNC(=O)[C@H](O)C(C)(C)COP(=O)([O-])OP(=O)([O-])OC[C@H]1O[C@@H](n2cnc3c(N)ncnc32)[C@H](O)[C@@H]1OP(=O)([O-])[O-]. The molecule has 1 fully saturated rings. The molecule has 400 valence electrons. The van der Waals surface area contributed by atoms with E-state index in [9.17, 15) is 63.0 Å². The number of nitrogen functional groups attached to an aromatic ring is 1. The molecule has 3 rings (SSSR count). The number of aliphatic hydroxyl groups excluding tert-OH is 3. The number of phosphoric ester groups is 3. The van der Waals surface area contributed by atoms with Crippen LogP contribution in [0.2, 0.25) is 0 Å². The Morgan fingerprint density at radius 2 is 1.54 bits per heavy atom. The average Bonchev–Trinajstić information content (AvgIpc) is 3.84. The van der Waals surface area contributed by atoms with Crippen LogP contribution in [-0.2, 0) is 50.7 Å². The molecule has 70 heavy (non-hydrogen) atoms. The Morgan fingerprint density at radius 1 is 0.914 bits per heavy atom. The van der Waals surface area contributed by atoms with Gasteiger partial charge in [-0.15, -0.1) is 0 Å². The Kier molecular flexibility index (Phi) is 26.8. The van der Waals surface area contributed by atoms with Gasteiger partial charge in [0.1, 0.15) is 36.3 Å². The normalized spacial score (nSPS) is 20.3. The molecule has 1 aliphatic rings. The second-order valence-corrected chi connectivity index (χ2v) is 22.7. The zero-order valence-electron chi connectivity index (χ0n) is 39.7. The van der Waals surface area contributed by atoms with E-state index in [1.54, 1.807) is 0 Å². The van der Waals surface area contributed by atoms with Crippen molar-refractivity contribution in [3.05, 3.63) is 24.8 Å². The molecule has 2 aromatic heterocycles. The molecule has 0 bridgehead atoms. The molecule has 0 aromatic carbocycles. The van der Waals surface area contributed by atoms with Crippen LogP contribution in [0.5, 0.6) is 0 Å². The molecule has 2 aromatic rings. The second kappa shape index (κ2) is 30.5. The van der Waals surface area contributed by atoms with E-state index in [1.165, 1.54) is 52.4 Å². The highest BCUT2D eigenvalue weighted by Crippen LogP contribution is 2.56. The van der Waals surface area contributed by atoms with E-state index < -0.39 is 90.7 Å². The molecule has 2 amide bonds. The molecular formula is C41H68N7O18P3S-4. The van der Waals surface area contributed by atoms with Crippen molar-refractivity contribution in [2.24, 2.45) is 5.41 Å². The quantitative estimate of drug-likeness (QED) is 0.0322. The van der Waals surface area contributed by atoms with E-state index in [1.807, 2.05) is 0 Å². The fourth-order valence-electron chi connectivity index (χ4n) is 7.08. The summed E-state index contributed by atoms with van der Waals surface area (Å²) >= 11 is 0.984. The molecular weight excluding hydrogens is 1000 g/mol. The second-order valence-electron chi connectivity index (χ2n) is 17.4. The topological polar surface area (TPSA) is 395 Å². The van der Waals surface area contributed by atoms with Gasteiger partial charge in [-0.1, -0.05) is 102 Å². The van der Waals surface area contributed by atoms with Crippen molar-refractivity contribution in [3.63, 3.8) is 0 Å². The minimum atomic E-state index is -5.93. The smallest absolute Gasteiger partial charge is 0.274 e. The third kappa shape index (κ3) is 23.0. The van der Waals surface area contributed by atoms with Crippen molar-refractivity contribution < 1.29 is 85.6 Å². The number of fused-ring (bicyclic) bond motifs is 1. The fourth-order valence-corrected chi connectivity index (χ4v) is 10.6. The van der Waals surface area contributed by atoms with Gasteiger partial charge in [-0.2, -0.15) is 0 Å². The number of carbonyl (C=O) groups is 3. The van der Waals surface area contributed by atoms with Crippen LogP contribution < -0.4 is 35.9 Å². The number of thioether (sulfide) groups is 1. The number of rotatable bonds is 36. The summed E-state index contributed by atoms with van der Waals surface area (Å²) in [5.74, 6) is -1.33. The van der Waals surface area contributed by atoms with Crippen LogP contribution in [0.25, 0.3) is 11.2 Å². The van der Waals surface area contributed by atoms with Crippen molar-refractivity contribution in [1.29, 1.82) is 0 Å². The van der Waals surface area contributed by atoms with Gasteiger partial charge in [0.2, 0.25) is 11.8 Å². The number of allylic oxidation sites excluding steroid dienone is 2. The summed E-state index contributed by atoms with van der Waals surface area (Å²) in [6, 6.07) is 0. The highest BCUT2D eigenvalue weighted by atomic mass is 32.2. The molecule has 1 aliphatic heterocycles. The molecule has 3 heterocycles. The number of amides is 2. The molecule has 8 atom stereocenters. The first-order valence-corrected chi connectivity index (χ1v) is 28.6. The van der Waals surface area contributed by atoms with Gasteiger partial charge in [0.15, 0.2) is 22.8 Å². The Bertz CT molecular complexity index is 2120.